The summed E-state index contributed by atoms with van der Waals surface area (Å²) in [7, 11) is 0. The summed E-state index contributed by atoms with van der Waals surface area (Å²) in [5, 5.41) is 0. The topological polar surface area (TPSA) is 17.1 Å². The van der Waals surface area contributed by atoms with Crippen molar-refractivity contribution in [2.24, 2.45) is 23.2 Å². The van der Waals surface area contributed by atoms with Crippen LogP contribution in [0.2, 0.25) is 0 Å². The van der Waals surface area contributed by atoms with Gasteiger partial charge in [-0.15, -0.1) is 0 Å². The number of carbonyl (C=O) groups excluding carboxylic acids is 1. The van der Waals surface area contributed by atoms with Crippen LogP contribution in [0.5, 0.6) is 0 Å². The van der Waals surface area contributed by atoms with E-state index in [9.17, 15) is 4.79 Å². The molecule has 0 saturated heterocycles. The molecule has 0 N–H and O–H groups in total. The first kappa shape index (κ1) is 11.7. The van der Waals surface area contributed by atoms with Crippen LogP contribution in [-0.2, 0) is 0 Å². The molecule has 1 aromatic rings. The van der Waals surface area contributed by atoms with Gasteiger partial charge in [-0.2, -0.15) is 0 Å². The van der Waals surface area contributed by atoms with Gasteiger partial charge in [0.2, 0.25) is 0 Å². The Bertz CT molecular complexity index is 493. The molecular formula is C18H22O. The van der Waals surface area contributed by atoms with E-state index < -0.39 is 0 Å². The van der Waals surface area contributed by atoms with E-state index in [-0.39, 0.29) is 5.41 Å². The Morgan fingerprint density at radius 3 is 2.05 bits per heavy atom. The highest BCUT2D eigenvalue weighted by atomic mass is 16.1. The lowest BCUT2D eigenvalue weighted by Gasteiger charge is -2.56. The van der Waals surface area contributed by atoms with Gasteiger partial charge < -0.3 is 0 Å². The predicted octanol–water partition coefficient (Wildman–Crippen LogP) is 4.39. The molecule has 19 heavy (non-hydrogen) atoms. The number of rotatable bonds is 2. The molecule has 0 amide bonds. The zero-order chi connectivity index (χ0) is 13.0. The number of hydrogen-bond acceptors (Lipinski definition) is 1. The third kappa shape index (κ3) is 1.70. The van der Waals surface area contributed by atoms with E-state index in [1.54, 1.807) is 0 Å². The monoisotopic (exact) mass is 254 g/mol. The summed E-state index contributed by atoms with van der Waals surface area (Å²) in [5.41, 5.74) is 2.16. The summed E-state index contributed by atoms with van der Waals surface area (Å²) >= 11 is 0. The van der Waals surface area contributed by atoms with Crippen LogP contribution in [0.25, 0.3) is 0 Å². The van der Waals surface area contributed by atoms with Crippen LogP contribution >= 0.6 is 0 Å². The van der Waals surface area contributed by atoms with Gasteiger partial charge in [0.05, 0.1) is 0 Å². The molecule has 0 atom stereocenters. The van der Waals surface area contributed by atoms with E-state index in [1.165, 1.54) is 38.5 Å². The molecule has 4 aliphatic rings. The maximum absolute atomic E-state index is 13.1. The Morgan fingerprint density at radius 2 is 1.53 bits per heavy atom. The van der Waals surface area contributed by atoms with Crippen molar-refractivity contribution in [3.63, 3.8) is 0 Å². The number of hydrogen-bond donors (Lipinski definition) is 0. The number of benzene rings is 1. The van der Waals surface area contributed by atoms with E-state index in [1.807, 2.05) is 18.2 Å². The van der Waals surface area contributed by atoms with Crippen molar-refractivity contribution in [1.82, 2.24) is 0 Å². The maximum Gasteiger partial charge on any atom is 0.169 e. The van der Waals surface area contributed by atoms with E-state index >= 15 is 0 Å². The fourth-order valence-electron chi connectivity index (χ4n) is 5.50. The molecule has 0 radical (unpaired) electrons. The summed E-state index contributed by atoms with van der Waals surface area (Å²) in [5.74, 6) is 3.00. The van der Waals surface area contributed by atoms with E-state index in [0.29, 0.717) is 5.78 Å². The van der Waals surface area contributed by atoms with Crippen molar-refractivity contribution >= 4 is 5.78 Å². The van der Waals surface area contributed by atoms with Crippen LogP contribution in [0.1, 0.15) is 54.4 Å². The highest BCUT2D eigenvalue weighted by Gasteiger charge is 2.54. The van der Waals surface area contributed by atoms with Crippen LogP contribution in [0, 0.1) is 30.1 Å². The van der Waals surface area contributed by atoms with Gasteiger partial charge in [-0.3, -0.25) is 4.79 Å². The molecule has 0 aliphatic heterocycles. The second kappa shape index (κ2) is 3.94. The fraction of sp³-hybridized carbons (Fsp3) is 0.611. The second-order valence-electron chi connectivity index (χ2n) is 7.34. The molecule has 0 aromatic heterocycles. The molecule has 0 heterocycles. The average molecular weight is 254 g/mol. The Labute approximate surface area is 115 Å². The van der Waals surface area contributed by atoms with Gasteiger partial charge in [0.15, 0.2) is 5.78 Å². The Balaban J connectivity index is 1.72. The second-order valence-corrected chi connectivity index (χ2v) is 7.34. The molecule has 100 valence electrons. The Kier molecular flexibility index (Phi) is 2.43. The third-order valence-electron chi connectivity index (χ3n) is 5.91. The molecule has 0 unspecified atom stereocenters. The van der Waals surface area contributed by atoms with E-state index in [2.05, 4.69) is 13.0 Å². The van der Waals surface area contributed by atoms with Gasteiger partial charge in [-0.25, -0.2) is 0 Å². The number of ketones is 1. The fourth-order valence-corrected chi connectivity index (χ4v) is 5.50. The lowest BCUT2D eigenvalue weighted by atomic mass is 9.48. The van der Waals surface area contributed by atoms with Crippen molar-refractivity contribution < 1.29 is 4.79 Å². The third-order valence-corrected chi connectivity index (χ3v) is 5.91. The van der Waals surface area contributed by atoms with Gasteiger partial charge in [-0.05, 0) is 68.8 Å². The molecule has 4 aliphatic carbocycles. The molecule has 4 saturated carbocycles. The Hall–Kier alpha value is -1.11. The normalized spacial score (nSPS) is 39.5. The summed E-state index contributed by atoms with van der Waals surface area (Å²) in [4.78, 5) is 13.1. The molecule has 1 nitrogen and oxygen atoms in total. The van der Waals surface area contributed by atoms with Crippen LogP contribution in [0.4, 0.5) is 0 Å². The minimum absolute atomic E-state index is 0.0147. The molecular weight excluding hydrogens is 232 g/mol. The molecule has 4 bridgehead atoms. The van der Waals surface area contributed by atoms with E-state index in [4.69, 9.17) is 0 Å². The van der Waals surface area contributed by atoms with Crippen LogP contribution in [0.15, 0.2) is 24.3 Å². The zero-order valence-electron chi connectivity index (χ0n) is 11.7. The summed E-state index contributed by atoms with van der Waals surface area (Å²) < 4.78 is 0. The smallest absolute Gasteiger partial charge is 0.169 e. The van der Waals surface area contributed by atoms with Crippen LogP contribution in [-0.4, -0.2) is 5.78 Å². The first-order chi connectivity index (χ1) is 9.16. The average Bonchev–Trinajstić information content (AvgIpc) is 2.37. The Morgan fingerprint density at radius 1 is 1.00 bits per heavy atom. The SMILES string of the molecule is Cc1ccccc1C(=O)C12CC3CC(CC(C3)C1)C2. The summed E-state index contributed by atoms with van der Waals surface area (Å²) in [6.45, 7) is 2.08. The van der Waals surface area contributed by atoms with Crippen molar-refractivity contribution in [2.45, 2.75) is 45.4 Å². The highest BCUT2D eigenvalue weighted by Crippen LogP contribution is 2.61. The first-order valence-corrected chi connectivity index (χ1v) is 7.77. The van der Waals surface area contributed by atoms with Crippen LogP contribution < -0.4 is 0 Å². The van der Waals surface area contributed by atoms with Crippen molar-refractivity contribution in [3.05, 3.63) is 35.4 Å². The summed E-state index contributed by atoms with van der Waals surface area (Å²) in [6.07, 6.45) is 7.73. The number of Topliss-reactive ketones (excluding diaryl/α,β-unsaturated/α-hetero) is 1. The van der Waals surface area contributed by atoms with Crippen molar-refractivity contribution in [2.75, 3.05) is 0 Å². The lowest BCUT2D eigenvalue weighted by Crippen LogP contribution is -2.50. The van der Waals surface area contributed by atoms with Gasteiger partial charge >= 0.3 is 0 Å². The molecule has 4 fully saturated rings. The maximum atomic E-state index is 13.1. The molecule has 1 heteroatoms. The van der Waals surface area contributed by atoms with Gasteiger partial charge in [0, 0.05) is 11.0 Å². The predicted molar refractivity (Wildman–Crippen MR) is 76.1 cm³/mol. The lowest BCUT2D eigenvalue weighted by molar-refractivity contribution is -0.0353. The summed E-state index contributed by atoms with van der Waals surface area (Å²) in [6, 6.07) is 8.16. The molecule has 0 spiro atoms. The number of aryl methyl sites for hydroxylation is 1. The zero-order valence-corrected chi connectivity index (χ0v) is 11.7. The molecule has 1 aromatic carbocycles. The standard InChI is InChI=1S/C18H22O/c1-12-4-2-3-5-16(12)17(19)18-9-13-6-14(10-18)8-15(7-13)11-18/h2-5,13-15H,6-11H2,1H3. The van der Waals surface area contributed by atoms with E-state index in [0.717, 1.165) is 28.9 Å². The largest absolute Gasteiger partial charge is 0.294 e. The molecule has 5 rings (SSSR count). The van der Waals surface area contributed by atoms with Crippen molar-refractivity contribution in [1.29, 1.82) is 0 Å². The quantitative estimate of drug-likeness (QED) is 0.715. The minimum Gasteiger partial charge on any atom is -0.294 e. The van der Waals surface area contributed by atoms with Crippen LogP contribution in [0.3, 0.4) is 0 Å². The number of carbonyl (C=O) groups is 1. The minimum atomic E-state index is 0.0147. The first-order valence-electron chi connectivity index (χ1n) is 7.77. The van der Waals surface area contributed by atoms with Gasteiger partial charge in [0.1, 0.15) is 0 Å². The van der Waals surface area contributed by atoms with Gasteiger partial charge in [-0.1, -0.05) is 24.3 Å². The van der Waals surface area contributed by atoms with Gasteiger partial charge in [0.25, 0.3) is 0 Å². The highest BCUT2D eigenvalue weighted by molar-refractivity contribution is 6.02. The van der Waals surface area contributed by atoms with Crippen molar-refractivity contribution in [3.8, 4) is 0 Å².